The molecule has 0 saturated carbocycles. The SMILES string of the molecule is O=c1[nH]cc(CS(=O)(=O)O)[nH]1. The molecule has 0 radical (unpaired) electrons. The predicted octanol–water partition coefficient (Wildman–Crippen LogP) is -0.909. The van der Waals surface area contributed by atoms with Crippen LogP contribution >= 0.6 is 0 Å². The Balaban J connectivity index is 2.90. The van der Waals surface area contributed by atoms with Gasteiger partial charge >= 0.3 is 5.69 Å². The van der Waals surface area contributed by atoms with Crippen molar-refractivity contribution in [2.45, 2.75) is 5.75 Å². The first-order chi connectivity index (χ1) is 4.97. The summed E-state index contributed by atoms with van der Waals surface area (Å²) < 4.78 is 28.8. The van der Waals surface area contributed by atoms with Crippen molar-refractivity contribution in [3.8, 4) is 0 Å². The van der Waals surface area contributed by atoms with Gasteiger partial charge in [-0.15, -0.1) is 0 Å². The number of hydrogen-bond donors (Lipinski definition) is 3. The van der Waals surface area contributed by atoms with E-state index in [-0.39, 0.29) is 5.69 Å². The summed E-state index contributed by atoms with van der Waals surface area (Å²) in [6, 6.07) is 0. The first kappa shape index (κ1) is 8.02. The Hall–Kier alpha value is -1.08. The van der Waals surface area contributed by atoms with Crippen LogP contribution in [-0.2, 0) is 15.9 Å². The fourth-order valence-electron chi connectivity index (χ4n) is 0.645. The van der Waals surface area contributed by atoms with Gasteiger partial charge in [-0.05, 0) is 0 Å². The predicted molar refractivity (Wildman–Crippen MR) is 36.7 cm³/mol. The molecule has 1 rings (SSSR count). The summed E-state index contributed by atoms with van der Waals surface area (Å²) in [6.07, 6.45) is 1.19. The minimum absolute atomic E-state index is 0.137. The molecule has 3 N–H and O–H groups in total. The lowest BCUT2D eigenvalue weighted by Gasteiger charge is -1.89. The van der Waals surface area contributed by atoms with Gasteiger partial charge in [-0.1, -0.05) is 0 Å². The highest BCUT2D eigenvalue weighted by Crippen LogP contribution is 1.95. The monoisotopic (exact) mass is 178 g/mol. The van der Waals surface area contributed by atoms with E-state index in [1.807, 2.05) is 0 Å². The molecule has 0 aliphatic carbocycles. The van der Waals surface area contributed by atoms with E-state index >= 15 is 0 Å². The van der Waals surface area contributed by atoms with E-state index < -0.39 is 21.6 Å². The molecule has 1 heterocycles. The summed E-state index contributed by atoms with van der Waals surface area (Å²) in [6.45, 7) is 0. The van der Waals surface area contributed by atoms with Gasteiger partial charge in [-0.3, -0.25) is 4.55 Å². The molecule has 0 aliphatic heterocycles. The molecular weight excluding hydrogens is 172 g/mol. The van der Waals surface area contributed by atoms with E-state index in [0.717, 1.165) is 0 Å². The number of H-pyrrole nitrogens is 2. The van der Waals surface area contributed by atoms with Gasteiger partial charge in [0.2, 0.25) is 0 Å². The third-order valence-electron chi connectivity index (χ3n) is 0.989. The van der Waals surface area contributed by atoms with Crippen LogP contribution in [0.5, 0.6) is 0 Å². The molecule has 0 amide bonds. The van der Waals surface area contributed by atoms with Gasteiger partial charge in [-0.25, -0.2) is 4.79 Å². The second-order valence-electron chi connectivity index (χ2n) is 1.99. The van der Waals surface area contributed by atoms with E-state index in [0.29, 0.717) is 0 Å². The molecule has 0 aromatic carbocycles. The summed E-state index contributed by atoms with van der Waals surface area (Å²) in [7, 11) is -4.05. The maximum Gasteiger partial charge on any atom is 0.323 e. The number of aromatic nitrogens is 2. The summed E-state index contributed by atoms with van der Waals surface area (Å²) in [5.41, 5.74) is -0.360. The van der Waals surface area contributed by atoms with Crippen LogP contribution in [0.4, 0.5) is 0 Å². The van der Waals surface area contributed by atoms with Crippen molar-refractivity contribution in [3.63, 3.8) is 0 Å². The molecule has 0 bridgehead atoms. The normalized spacial score (nSPS) is 11.7. The molecule has 1 aromatic heterocycles. The molecule has 0 fully saturated rings. The second kappa shape index (κ2) is 2.51. The Morgan fingerprint density at radius 1 is 1.55 bits per heavy atom. The summed E-state index contributed by atoms with van der Waals surface area (Å²) in [4.78, 5) is 14.8. The Labute approximate surface area is 62.0 Å². The average Bonchev–Trinajstić information content (AvgIpc) is 2.10. The van der Waals surface area contributed by atoms with Gasteiger partial charge in [0.1, 0.15) is 5.75 Å². The van der Waals surface area contributed by atoms with Gasteiger partial charge < -0.3 is 9.97 Å². The van der Waals surface area contributed by atoms with Crippen LogP contribution in [0.15, 0.2) is 11.0 Å². The van der Waals surface area contributed by atoms with Crippen molar-refractivity contribution in [2.24, 2.45) is 0 Å². The lowest BCUT2D eigenvalue weighted by Crippen LogP contribution is -2.05. The smallest absolute Gasteiger partial charge is 0.313 e. The number of rotatable bonds is 2. The zero-order valence-corrected chi connectivity index (χ0v) is 6.18. The highest BCUT2D eigenvalue weighted by Gasteiger charge is 2.07. The average molecular weight is 178 g/mol. The minimum atomic E-state index is -4.05. The van der Waals surface area contributed by atoms with Crippen LogP contribution in [0.25, 0.3) is 0 Å². The molecule has 6 nitrogen and oxygen atoms in total. The van der Waals surface area contributed by atoms with Crippen molar-refractivity contribution in [1.82, 2.24) is 9.97 Å². The molecule has 11 heavy (non-hydrogen) atoms. The second-order valence-corrected chi connectivity index (χ2v) is 3.45. The Morgan fingerprint density at radius 2 is 2.18 bits per heavy atom. The van der Waals surface area contributed by atoms with Crippen LogP contribution in [0, 0.1) is 0 Å². The number of aromatic amines is 2. The van der Waals surface area contributed by atoms with Crippen LogP contribution in [-0.4, -0.2) is 22.9 Å². The molecule has 1 aromatic rings. The quantitative estimate of drug-likeness (QED) is 0.510. The van der Waals surface area contributed by atoms with E-state index in [1.165, 1.54) is 6.20 Å². The zero-order valence-electron chi connectivity index (χ0n) is 5.36. The van der Waals surface area contributed by atoms with Gasteiger partial charge in [0.25, 0.3) is 10.1 Å². The lowest BCUT2D eigenvalue weighted by atomic mass is 10.6. The van der Waals surface area contributed by atoms with E-state index in [9.17, 15) is 13.2 Å². The topological polar surface area (TPSA) is 103 Å². The molecule has 0 spiro atoms. The lowest BCUT2D eigenvalue weighted by molar-refractivity contribution is 0.481. The Morgan fingerprint density at radius 3 is 2.55 bits per heavy atom. The summed E-state index contributed by atoms with van der Waals surface area (Å²) in [5.74, 6) is -0.578. The third kappa shape index (κ3) is 2.56. The van der Waals surface area contributed by atoms with Crippen molar-refractivity contribution in [1.29, 1.82) is 0 Å². The highest BCUT2D eigenvalue weighted by atomic mass is 32.2. The van der Waals surface area contributed by atoms with Crippen molar-refractivity contribution in [3.05, 3.63) is 22.4 Å². The number of nitrogens with one attached hydrogen (secondary N) is 2. The summed E-state index contributed by atoms with van der Waals surface area (Å²) >= 11 is 0. The minimum Gasteiger partial charge on any atom is -0.313 e. The van der Waals surface area contributed by atoms with Gasteiger partial charge in [0.15, 0.2) is 0 Å². The maximum atomic E-state index is 10.4. The fourth-order valence-corrected chi connectivity index (χ4v) is 1.19. The fraction of sp³-hybridized carbons (Fsp3) is 0.250. The Bertz CT molecular complexity index is 386. The molecule has 62 valence electrons. The van der Waals surface area contributed by atoms with Crippen LogP contribution in [0.2, 0.25) is 0 Å². The molecule has 0 unspecified atom stereocenters. The first-order valence-corrected chi connectivity index (χ1v) is 4.30. The molecular formula is C4H6N2O4S. The Kier molecular flexibility index (Phi) is 1.83. The first-order valence-electron chi connectivity index (χ1n) is 2.69. The van der Waals surface area contributed by atoms with Gasteiger partial charge in [-0.2, -0.15) is 8.42 Å². The largest absolute Gasteiger partial charge is 0.323 e. The van der Waals surface area contributed by atoms with E-state index in [2.05, 4.69) is 9.97 Å². The molecule has 7 heteroatoms. The van der Waals surface area contributed by atoms with E-state index in [1.54, 1.807) is 0 Å². The number of hydrogen-bond acceptors (Lipinski definition) is 3. The highest BCUT2D eigenvalue weighted by molar-refractivity contribution is 7.84. The van der Waals surface area contributed by atoms with Crippen molar-refractivity contribution in [2.75, 3.05) is 0 Å². The van der Waals surface area contributed by atoms with Crippen LogP contribution in [0.3, 0.4) is 0 Å². The zero-order chi connectivity index (χ0) is 8.48. The summed E-state index contributed by atoms with van der Waals surface area (Å²) in [5, 5.41) is 0. The standard InChI is InChI=1S/C4H6N2O4S/c7-4-5-1-3(6-4)2-11(8,9)10/h1H,2H2,(H2,5,6,7)(H,8,9,10). The molecule has 0 aliphatic rings. The molecule has 0 atom stereocenters. The van der Waals surface area contributed by atoms with Crippen molar-refractivity contribution >= 4 is 10.1 Å². The van der Waals surface area contributed by atoms with Gasteiger partial charge in [0.05, 0.1) is 5.69 Å². The van der Waals surface area contributed by atoms with Crippen LogP contribution < -0.4 is 5.69 Å². The van der Waals surface area contributed by atoms with E-state index in [4.69, 9.17) is 4.55 Å². The van der Waals surface area contributed by atoms with Gasteiger partial charge in [0, 0.05) is 6.20 Å². The number of imidazole rings is 1. The van der Waals surface area contributed by atoms with Crippen LogP contribution in [0.1, 0.15) is 5.69 Å². The maximum absolute atomic E-state index is 10.4. The molecule has 0 saturated heterocycles. The third-order valence-corrected chi connectivity index (χ3v) is 1.67. The van der Waals surface area contributed by atoms with Crippen molar-refractivity contribution < 1.29 is 13.0 Å².